The zero-order valence-electron chi connectivity index (χ0n) is 20.0. The Hall–Kier alpha value is -3.33. The monoisotopic (exact) mass is 553 g/mol. The van der Waals surface area contributed by atoms with Crippen molar-refractivity contribution in [3.8, 4) is 11.5 Å². The minimum Gasteiger partial charge on any atom is -0.497 e. The molecule has 1 heterocycles. The summed E-state index contributed by atoms with van der Waals surface area (Å²) in [6.45, 7) is 0.722. The molecule has 1 aliphatic heterocycles. The second-order valence-electron chi connectivity index (χ2n) is 8.06. The molecule has 0 radical (unpaired) electrons. The first-order valence-electron chi connectivity index (χ1n) is 10.8. The first-order chi connectivity index (χ1) is 17.2. The number of anilines is 2. The highest BCUT2D eigenvalue weighted by Crippen LogP contribution is 2.38. The molecule has 1 fully saturated rings. The summed E-state index contributed by atoms with van der Waals surface area (Å²) >= 11 is 0. The van der Waals surface area contributed by atoms with Crippen molar-refractivity contribution in [3.63, 3.8) is 0 Å². The molecule has 9 nitrogen and oxygen atoms in total. The third kappa shape index (κ3) is 6.52. The molecule has 2 aromatic carbocycles. The van der Waals surface area contributed by atoms with Crippen LogP contribution in [-0.4, -0.2) is 72.4 Å². The van der Waals surface area contributed by atoms with Crippen LogP contribution in [0.15, 0.2) is 41.3 Å². The standard InChI is InChI=1S/C22H24F5N3O6S/c1-14-4-6-16(13-17(14)29-10-8-28(2)9-11-29)37(32,33)30(36-20(31)22(25,26)27)18-12-15(34-3)5-7-19(18)35-21(23)24/h4-7,12-13,21H,8-11H2,1-3H3. The van der Waals surface area contributed by atoms with Gasteiger partial charge in [-0.2, -0.15) is 30.4 Å². The van der Waals surface area contributed by atoms with Crippen molar-refractivity contribution in [1.29, 1.82) is 0 Å². The fourth-order valence-electron chi connectivity index (χ4n) is 3.55. The lowest BCUT2D eigenvalue weighted by atomic mass is 10.1. The van der Waals surface area contributed by atoms with E-state index < -0.39 is 45.1 Å². The van der Waals surface area contributed by atoms with Gasteiger partial charge in [-0.3, -0.25) is 0 Å². The number of hydrogen-bond acceptors (Lipinski definition) is 8. The molecule has 0 aromatic heterocycles. The van der Waals surface area contributed by atoms with Gasteiger partial charge < -0.3 is 24.1 Å². The fourth-order valence-corrected chi connectivity index (χ4v) is 4.81. The summed E-state index contributed by atoms with van der Waals surface area (Å²) in [5, 5.41) is 0. The van der Waals surface area contributed by atoms with E-state index in [1.54, 1.807) is 6.92 Å². The van der Waals surface area contributed by atoms with Crippen molar-refractivity contribution in [2.24, 2.45) is 0 Å². The number of aryl methyl sites for hydroxylation is 1. The highest BCUT2D eigenvalue weighted by Gasteiger charge is 2.45. The van der Waals surface area contributed by atoms with E-state index in [1.807, 2.05) is 11.9 Å². The first kappa shape index (κ1) is 28.2. The first-order valence-corrected chi connectivity index (χ1v) is 12.2. The lowest BCUT2D eigenvalue weighted by Gasteiger charge is -2.35. The second kappa shape index (κ2) is 11.0. The van der Waals surface area contributed by atoms with Crippen LogP contribution in [0.25, 0.3) is 0 Å². The Kier molecular flexibility index (Phi) is 8.37. The van der Waals surface area contributed by atoms with E-state index in [1.165, 1.54) is 12.1 Å². The van der Waals surface area contributed by atoms with E-state index >= 15 is 0 Å². The number of methoxy groups -OCH3 is 1. The molecule has 0 atom stereocenters. The smallest absolute Gasteiger partial charge is 0.493 e. The van der Waals surface area contributed by atoms with Crippen LogP contribution in [0.1, 0.15) is 5.56 Å². The Morgan fingerprint density at radius 1 is 1.05 bits per heavy atom. The lowest BCUT2D eigenvalue weighted by Crippen LogP contribution is -2.44. The number of carbonyl (C=O) groups excluding carboxylic acids is 1. The van der Waals surface area contributed by atoms with Gasteiger partial charge in [-0.1, -0.05) is 10.5 Å². The van der Waals surface area contributed by atoms with Crippen LogP contribution in [0.3, 0.4) is 0 Å². The molecule has 0 spiro atoms. The molecular weight excluding hydrogens is 529 g/mol. The van der Waals surface area contributed by atoms with Crippen LogP contribution in [0.4, 0.5) is 33.3 Å². The van der Waals surface area contributed by atoms with Crippen LogP contribution in [0.5, 0.6) is 11.5 Å². The van der Waals surface area contributed by atoms with E-state index in [0.29, 0.717) is 37.4 Å². The maximum atomic E-state index is 13.6. The van der Waals surface area contributed by atoms with E-state index in [9.17, 15) is 35.2 Å². The zero-order valence-corrected chi connectivity index (χ0v) is 20.8. The predicted octanol–water partition coefficient (Wildman–Crippen LogP) is 3.57. The third-order valence-electron chi connectivity index (χ3n) is 5.52. The minimum absolute atomic E-state index is 0.137. The number of carbonyl (C=O) groups is 1. The van der Waals surface area contributed by atoms with Gasteiger partial charge >= 0.3 is 18.8 Å². The van der Waals surface area contributed by atoms with Crippen molar-refractivity contribution in [3.05, 3.63) is 42.0 Å². The summed E-state index contributed by atoms with van der Waals surface area (Å²) < 4.78 is 101. The van der Waals surface area contributed by atoms with Crippen LogP contribution < -0.4 is 18.8 Å². The average molecular weight is 554 g/mol. The molecule has 0 amide bonds. The van der Waals surface area contributed by atoms with Gasteiger partial charge in [-0.15, -0.1) is 0 Å². The van der Waals surface area contributed by atoms with Crippen molar-refractivity contribution in [2.75, 3.05) is 49.7 Å². The Bertz CT molecular complexity index is 1230. The molecule has 15 heteroatoms. The van der Waals surface area contributed by atoms with Gasteiger partial charge in [0, 0.05) is 37.9 Å². The normalized spacial score (nSPS) is 15.0. The maximum Gasteiger partial charge on any atom is 0.493 e. The van der Waals surface area contributed by atoms with Crippen LogP contribution in [0.2, 0.25) is 0 Å². The van der Waals surface area contributed by atoms with Crippen LogP contribution in [0, 0.1) is 6.92 Å². The van der Waals surface area contributed by atoms with Gasteiger partial charge in [0.2, 0.25) is 0 Å². The quantitative estimate of drug-likeness (QED) is 0.362. The van der Waals surface area contributed by atoms with Crippen LogP contribution in [-0.2, 0) is 19.7 Å². The van der Waals surface area contributed by atoms with Crippen molar-refractivity contribution < 1.29 is 49.5 Å². The largest absolute Gasteiger partial charge is 0.497 e. The molecule has 37 heavy (non-hydrogen) atoms. The number of piperazine rings is 1. The Morgan fingerprint density at radius 2 is 1.70 bits per heavy atom. The summed E-state index contributed by atoms with van der Waals surface area (Å²) in [4.78, 5) is 19.4. The second-order valence-corrected chi connectivity index (χ2v) is 9.81. The van der Waals surface area contributed by atoms with Gasteiger partial charge in [-0.05, 0) is 43.8 Å². The van der Waals surface area contributed by atoms with Crippen molar-refractivity contribution in [2.45, 2.75) is 24.6 Å². The minimum atomic E-state index is -5.60. The van der Waals surface area contributed by atoms with Crippen molar-refractivity contribution >= 4 is 27.4 Å². The zero-order chi connectivity index (χ0) is 27.5. The molecule has 0 saturated carbocycles. The molecule has 0 N–H and O–H groups in total. The number of rotatable bonds is 8. The summed E-state index contributed by atoms with van der Waals surface area (Å²) in [5.74, 6) is -3.91. The van der Waals surface area contributed by atoms with E-state index in [2.05, 4.69) is 14.5 Å². The Morgan fingerprint density at radius 3 is 2.27 bits per heavy atom. The number of sulfonamides is 1. The summed E-state index contributed by atoms with van der Waals surface area (Å²) in [6.07, 6.45) is -5.60. The molecule has 2 aromatic rings. The number of nitrogens with zero attached hydrogens (tertiary/aromatic N) is 3. The SMILES string of the molecule is COc1ccc(OC(F)F)c(N(OC(=O)C(F)(F)F)S(=O)(=O)c2ccc(C)c(N3CCN(C)CC3)c2)c1. The molecule has 204 valence electrons. The van der Waals surface area contributed by atoms with Gasteiger partial charge in [0.05, 0.1) is 12.0 Å². The topological polar surface area (TPSA) is 88.6 Å². The molecule has 0 unspecified atom stereocenters. The summed E-state index contributed by atoms with van der Waals surface area (Å²) in [7, 11) is -2.04. The average Bonchev–Trinajstić information content (AvgIpc) is 2.82. The highest BCUT2D eigenvalue weighted by atomic mass is 32.2. The lowest BCUT2D eigenvalue weighted by molar-refractivity contribution is -0.199. The third-order valence-corrected chi connectivity index (χ3v) is 7.07. The summed E-state index contributed by atoms with van der Waals surface area (Å²) in [5.41, 5.74) is 0.246. The fraction of sp³-hybridized carbons (Fsp3) is 0.409. The number of benzene rings is 2. The van der Waals surface area contributed by atoms with E-state index in [4.69, 9.17) is 4.74 Å². The van der Waals surface area contributed by atoms with Crippen LogP contribution >= 0.6 is 0 Å². The van der Waals surface area contributed by atoms with E-state index in [-0.39, 0.29) is 10.2 Å². The van der Waals surface area contributed by atoms with Gasteiger partial charge in [0.15, 0.2) is 5.75 Å². The Balaban J connectivity index is 2.16. The number of halogens is 5. The molecule has 1 saturated heterocycles. The molecule has 1 aliphatic rings. The molecule has 0 bridgehead atoms. The highest BCUT2D eigenvalue weighted by molar-refractivity contribution is 7.92. The number of likely N-dealkylation sites (N-methyl/N-ethyl adjacent to an activating group) is 1. The van der Waals surface area contributed by atoms with Gasteiger partial charge in [0.1, 0.15) is 11.4 Å². The van der Waals surface area contributed by atoms with Gasteiger partial charge in [-0.25, -0.2) is 4.79 Å². The number of alkyl halides is 5. The predicted molar refractivity (Wildman–Crippen MR) is 122 cm³/mol. The van der Waals surface area contributed by atoms with Crippen molar-refractivity contribution in [1.82, 2.24) is 4.90 Å². The molecular formula is C22H24F5N3O6S. The molecule has 0 aliphatic carbocycles. The van der Waals surface area contributed by atoms with Gasteiger partial charge in [0.25, 0.3) is 10.0 Å². The number of hydrogen-bond donors (Lipinski definition) is 0. The molecule has 3 rings (SSSR count). The summed E-state index contributed by atoms with van der Waals surface area (Å²) in [6, 6.07) is 6.50. The maximum absolute atomic E-state index is 13.6. The number of ether oxygens (including phenoxy) is 2. The van der Waals surface area contributed by atoms with E-state index in [0.717, 1.165) is 31.4 Å². The Labute approximate surface area is 209 Å².